The molecule has 1 aliphatic rings. The number of carbonyl (C=O) groups is 2. The van der Waals surface area contributed by atoms with E-state index in [1.807, 2.05) is 47.4 Å². The highest BCUT2D eigenvalue weighted by Gasteiger charge is 2.22. The third-order valence-electron chi connectivity index (χ3n) is 4.85. The van der Waals surface area contributed by atoms with Crippen LogP contribution >= 0.6 is 11.6 Å². The number of amides is 4. The average molecular weight is 401 g/mol. The van der Waals surface area contributed by atoms with Crippen molar-refractivity contribution < 1.29 is 9.59 Å². The third kappa shape index (κ3) is 6.16. The van der Waals surface area contributed by atoms with Crippen LogP contribution in [-0.4, -0.2) is 36.6 Å². The van der Waals surface area contributed by atoms with Gasteiger partial charge in [0.25, 0.3) is 0 Å². The van der Waals surface area contributed by atoms with Gasteiger partial charge in [-0.15, -0.1) is 0 Å². The Bertz CT molecular complexity index is 792. The number of para-hydroxylation sites is 1. The van der Waals surface area contributed by atoms with Crippen LogP contribution in [0.2, 0.25) is 5.02 Å². The molecule has 1 aliphatic heterocycles. The van der Waals surface area contributed by atoms with Gasteiger partial charge in [-0.3, -0.25) is 0 Å². The lowest BCUT2D eigenvalue weighted by molar-refractivity contribution is 0.180. The van der Waals surface area contributed by atoms with Gasteiger partial charge in [0.15, 0.2) is 0 Å². The van der Waals surface area contributed by atoms with Gasteiger partial charge < -0.3 is 20.9 Å². The monoisotopic (exact) mass is 400 g/mol. The summed E-state index contributed by atoms with van der Waals surface area (Å²) in [7, 11) is 0. The van der Waals surface area contributed by atoms with Crippen LogP contribution in [0.15, 0.2) is 54.6 Å². The summed E-state index contributed by atoms with van der Waals surface area (Å²) >= 11 is 5.95. The Morgan fingerprint density at radius 3 is 2.39 bits per heavy atom. The van der Waals surface area contributed by atoms with Crippen LogP contribution in [0.3, 0.4) is 0 Å². The molecule has 0 spiro atoms. The van der Waals surface area contributed by atoms with Gasteiger partial charge in [-0.2, -0.15) is 0 Å². The van der Waals surface area contributed by atoms with Crippen molar-refractivity contribution in [1.29, 1.82) is 0 Å². The van der Waals surface area contributed by atoms with Crippen LogP contribution in [0.4, 0.5) is 21.0 Å². The predicted molar refractivity (Wildman–Crippen MR) is 113 cm³/mol. The van der Waals surface area contributed by atoms with Crippen molar-refractivity contribution >= 4 is 35.0 Å². The molecule has 3 rings (SSSR count). The number of halogens is 1. The van der Waals surface area contributed by atoms with Crippen molar-refractivity contribution in [2.75, 3.05) is 30.3 Å². The van der Waals surface area contributed by atoms with E-state index in [1.165, 1.54) is 0 Å². The second-order valence-electron chi connectivity index (χ2n) is 6.91. The summed E-state index contributed by atoms with van der Waals surface area (Å²) in [5.74, 6) is 0.507. The van der Waals surface area contributed by atoms with Gasteiger partial charge in [-0.05, 0) is 55.5 Å². The van der Waals surface area contributed by atoms with Gasteiger partial charge in [-0.1, -0.05) is 35.9 Å². The number of hydrogen-bond donors (Lipinski definition) is 3. The quantitative estimate of drug-likeness (QED) is 0.674. The second kappa shape index (κ2) is 9.99. The zero-order valence-corrected chi connectivity index (χ0v) is 16.4. The average Bonchev–Trinajstić information content (AvgIpc) is 2.69. The summed E-state index contributed by atoms with van der Waals surface area (Å²) in [5.41, 5.74) is 1.48. The first kappa shape index (κ1) is 20.0. The molecule has 0 unspecified atom stereocenters. The minimum atomic E-state index is -0.190. The number of nitrogens with zero attached hydrogens (tertiary/aromatic N) is 1. The Balaban J connectivity index is 1.34. The molecule has 0 saturated carbocycles. The first-order valence-corrected chi connectivity index (χ1v) is 9.89. The van der Waals surface area contributed by atoms with Crippen LogP contribution in [0, 0.1) is 5.92 Å². The van der Waals surface area contributed by atoms with Crippen molar-refractivity contribution in [3.63, 3.8) is 0 Å². The molecule has 0 aliphatic carbocycles. The number of urea groups is 2. The maximum Gasteiger partial charge on any atom is 0.321 e. The molecule has 0 aromatic heterocycles. The van der Waals surface area contributed by atoms with E-state index in [0.717, 1.165) is 24.9 Å². The number of piperidine rings is 1. The summed E-state index contributed by atoms with van der Waals surface area (Å²) in [5, 5.41) is 9.19. The van der Waals surface area contributed by atoms with Crippen molar-refractivity contribution in [3.8, 4) is 0 Å². The fourth-order valence-electron chi connectivity index (χ4n) is 3.28. The SMILES string of the molecule is O=C(NCCC1CCN(C(=O)Nc2cccc(Cl)c2)CC1)Nc1ccccc1. The number of benzene rings is 2. The molecule has 28 heavy (non-hydrogen) atoms. The molecule has 6 nitrogen and oxygen atoms in total. The minimum Gasteiger partial charge on any atom is -0.338 e. The van der Waals surface area contributed by atoms with Gasteiger partial charge in [-0.25, -0.2) is 9.59 Å². The van der Waals surface area contributed by atoms with Gasteiger partial charge in [0.05, 0.1) is 0 Å². The summed E-state index contributed by atoms with van der Waals surface area (Å²) in [6, 6.07) is 16.2. The van der Waals surface area contributed by atoms with Crippen molar-refractivity contribution in [2.24, 2.45) is 5.92 Å². The number of likely N-dealkylation sites (tertiary alicyclic amines) is 1. The molecule has 2 aromatic carbocycles. The summed E-state index contributed by atoms with van der Waals surface area (Å²) in [6.07, 6.45) is 2.78. The first-order chi connectivity index (χ1) is 13.6. The molecule has 1 fully saturated rings. The molecule has 2 aromatic rings. The molecule has 0 radical (unpaired) electrons. The van der Waals surface area contributed by atoms with Crippen molar-refractivity contribution in [3.05, 3.63) is 59.6 Å². The Hall–Kier alpha value is -2.73. The van der Waals surface area contributed by atoms with E-state index in [-0.39, 0.29) is 12.1 Å². The number of anilines is 2. The molecule has 7 heteroatoms. The molecular weight excluding hydrogens is 376 g/mol. The summed E-state index contributed by atoms with van der Waals surface area (Å²) in [6.45, 7) is 2.05. The highest BCUT2D eigenvalue weighted by molar-refractivity contribution is 6.30. The van der Waals surface area contributed by atoms with Crippen molar-refractivity contribution in [1.82, 2.24) is 10.2 Å². The van der Waals surface area contributed by atoms with E-state index in [9.17, 15) is 9.59 Å². The van der Waals surface area contributed by atoms with E-state index in [1.54, 1.807) is 12.1 Å². The topological polar surface area (TPSA) is 73.5 Å². The fraction of sp³-hybridized carbons (Fsp3) is 0.333. The Kier molecular flexibility index (Phi) is 7.14. The molecule has 0 bridgehead atoms. The zero-order valence-electron chi connectivity index (χ0n) is 15.7. The van der Waals surface area contributed by atoms with Gasteiger partial charge in [0.2, 0.25) is 0 Å². The molecule has 0 atom stereocenters. The number of carbonyl (C=O) groups excluding carboxylic acids is 2. The standard InChI is InChI=1S/C21H25ClN4O2/c22-17-5-4-8-19(15-17)25-21(28)26-13-10-16(11-14-26)9-12-23-20(27)24-18-6-2-1-3-7-18/h1-8,15-16H,9-14H2,(H,25,28)(H2,23,24,27). The lowest BCUT2D eigenvalue weighted by atomic mass is 9.94. The minimum absolute atomic E-state index is 0.0962. The highest BCUT2D eigenvalue weighted by atomic mass is 35.5. The lowest BCUT2D eigenvalue weighted by Crippen LogP contribution is -2.41. The summed E-state index contributed by atoms with van der Waals surface area (Å²) in [4.78, 5) is 26.1. The lowest BCUT2D eigenvalue weighted by Gasteiger charge is -2.32. The molecular formula is C21H25ClN4O2. The van der Waals surface area contributed by atoms with Crippen LogP contribution in [-0.2, 0) is 0 Å². The molecule has 3 N–H and O–H groups in total. The largest absolute Gasteiger partial charge is 0.338 e. The van der Waals surface area contributed by atoms with E-state index < -0.39 is 0 Å². The normalized spacial score (nSPS) is 14.4. The fourth-order valence-corrected chi connectivity index (χ4v) is 3.47. The van der Waals surface area contributed by atoms with Gasteiger partial charge >= 0.3 is 12.1 Å². The second-order valence-corrected chi connectivity index (χ2v) is 7.34. The molecule has 4 amide bonds. The van der Waals surface area contributed by atoms with E-state index in [0.29, 0.717) is 36.3 Å². The molecule has 1 saturated heterocycles. The molecule has 1 heterocycles. The van der Waals surface area contributed by atoms with E-state index in [4.69, 9.17) is 11.6 Å². The van der Waals surface area contributed by atoms with Gasteiger partial charge in [0.1, 0.15) is 0 Å². The Morgan fingerprint density at radius 2 is 1.68 bits per heavy atom. The number of hydrogen-bond acceptors (Lipinski definition) is 2. The molecule has 148 valence electrons. The Morgan fingerprint density at radius 1 is 0.964 bits per heavy atom. The van der Waals surface area contributed by atoms with Crippen LogP contribution in [0.5, 0.6) is 0 Å². The van der Waals surface area contributed by atoms with E-state index >= 15 is 0 Å². The highest BCUT2D eigenvalue weighted by Crippen LogP contribution is 2.21. The number of nitrogens with one attached hydrogen (secondary N) is 3. The van der Waals surface area contributed by atoms with Crippen LogP contribution in [0.1, 0.15) is 19.3 Å². The summed E-state index contributed by atoms with van der Waals surface area (Å²) < 4.78 is 0. The van der Waals surface area contributed by atoms with Crippen molar-refractivity contribution in [2.45, 2.75) is 19.3 Å². The maximum atomic E-state index is 12.4. The van der Waals surface area contributed by atoms with Crippen LogP contribution in [0.25, 0.3) is 0 Å². The smallest absolute Gasteiger partial charge is 0.321 e. The number of rotatable bonds is 5. The van der Waals surface area contributed by atoms with Gasteiger partial charge in [0, 0.05) is 36.0 Å². The van der Waals surface area contributed by atoms with Crippen LogP contribution < -0.4 is 16.0 Å². The first-order valence-electron chi connectivity index (χ1n) is 9.51. The van der Waals surface area contributed by atoms with E-state index in [2.05, 4.69) is 16.0 Å². The maximum absolute atomic E-state index is 12.4. The zero-order chi connectivity index (χ0) is 19.8. The third-order valence-corrected chi connectivity index (χ3v) is 5.08. The Labute approximate surface area is 170 Å². The predicted octanol–water partition coefficient (Wildman–Crippen LogP) is 4.80.